The highest BCUT2D eigenvalue weighted by Crippen LogP contribution is 2.26. The van der Waals surface area contributed by atoms with Crippen molar-refractivity contribution >= 4 is 12.6 Å². The molecule has 0 aliphatic rings. The van der Waals surface area contributed by atoms with Gasteiger partial charge in [0.15, 0.2) is 0 Å². The van der Waals surface area contributed by atoms with Crippen molar-refractivity contribution in [3.63, 3.8) is 0 Å². The van der Waals surface area contributed by atoms with Crippen molar-refractivity contribution in [2.75, 3.05) is 0 Å². The Labute approximate surface area is 135 Å². The normalized spacial score (nSPS) is 12.5. The van der Waals surface area contributed by atoms with Crippen molar-refractivity contribution in [1.82, 2.24) is 14.8 Å². The molecule has 0 amide bonds. The predicted octanol–water partition coefficient (Wildman–Crippen LogP) is 0.875. The summed E-state index contributed by atoms with van der Waals surface area (Å²) in [7, 11) is 0.386. The third kappa shape index (κ3) is 3.77. The van der Waals surface area contributed by atoms with Crippen LogP contribution in [0.4, 0.5) is 4.39 Å². The zero-order valence-corrected chi connectivity index (χ0v) is 13.9. The van der Waals surface area contributed by atoms with Crippen LogP contribution in [-0.2, 0) is 11.7 Å². The molecule has 124 valence electrons. The highest BCUT2D eigenvalue weighted by Gasteiger charge is 2.40. The summed E-state index contributed by atoms with van der Waals surface area (Å²) >= 11 is 0. The predicted molar refractivity (Wildman–Crippen MR) is 85.5 cm³/mol. The SMILES string of the molecule is Cn1cc(B(O)OC(C)(C)C(C)(C)O)c(-c2ccc(F)cn2)n1. The molecule has 0 aliphatic carbocycles. The molecule has 8 heteroatoms. The molecule has 0 spiro atoms. The van der Waals surface area contributed by atoms with E-state index in [1.165, 1.54) is 16.8 Å². The second-order valence-corrected chi connectivity index (χ2v) is 6.51. The fourth-order valence-corrected chi connectivity index (χ4v) is 1.89. The molecular formula is C15H21BFN3O3. The van der Waals surface area contributed by atoms with Gasteiger partial charge in [-0.1, -0.05) is 0 Å². The molecule has 0 aliphatic heterocycles. The van der Waals surface area contributed by atoms with Gasteiger partial charge in [0.05, 0.1) is 23.1 Å². The van der Waals surface area contributed by atoms with Gasteiger partial charge in [-0.15, -0.1) is 0 Å². The van der Waals surface area contributed by atoms with Gasteiger partial charge in [-0.2, -0.15) is 5.10 Å². The topological polar surface area (TPSA) is 80.4 Å². The van der Waals surface area contributed by atoms with E-state index in [0.29, 0.717) is 16.9 Å². The first-order valence-electron chi connectivity index (χ1n) is 7.25. The van der Waals surface area contributed by atoms with Crippen molar-refractivity contribution in [3.8, 4) is 11.4 Å². The molecule has 0 bridgehead atoms. The third-order valence-electron chi connectivity index (χ3n) is 3.97. The summed E-state index contributed by atoms with van der Waals surface area (Å²) in [6.07, 6.45) is 2.69. The van der Waals surface area contributed by atoms with Crippen molar-refractivity contribution in [2.45, 2.75) is 38.9 Å². The minimum absolute atomic E-state index is 0.393. The lowest BCUT2D eigenvalue weighted by Gasteiger charge is -2.38. The van der Waals surface area contributed by atoms with E-state index in [4.69, 9.17) is 4.65 Å². The Morgan fingerprint density at radius 1 is 1.26 bits per heavy atom. The van der Waals surface area contributed by atoms with Gasteiger partial charge >= 0.3 is 7.12 Å². The zero-order chi connectivity index (χ0) is 17.4. The smallest absolute Gasteiger partial charge is 0.423 e. The molecule has 23 heavy (non-hydrogen) atoms. The maximum atomic E-state index is 13.0. The van der Waals surface area contributed by atoms with Crippen molar-refractivity contribution < 1.29 is 19.2 Å². The fourth-order valence-electron chi connectivity index (χ4n) is 1.89. The molecule has 6 nitrogen and oxygen atoms in total. The first-order valence-corrected chi connectivity index (χ1v) is 7.25. The molecule has 2 aromatic rings. The van der Waals surface area contributed by atoms with Gasteiger partial charge in [-0.25, -0.2) is 4.39 Å². The fraction of sp³-hybridized carbons (Fsp3) is 0.467. The number of aromatic nitrogens is 3. The van der Waals surface area contributed by atoms with Gasteiger partial charge in [-0.05, 0) is 39.8 Å². The van der Waals surface area contributed by atoms with E-state index in [2.05, 4.69) is 10.1 Å². The largest absolute Gasteiger partial charge is 0.495 e. The maximum Gasteiger partial charge on any atom is 0.495 e. The standard InChI is InChI=1S/C15H21BFN3O3/c1-14(2,21)15(3,4)23-16(22)11-9-20(5)19-13(11)12-7-6-10(17)8-18-12/h6-9,21-22H,1-5H3. The number of nitrogens with zero attached hydrogens (tertiary/aromatic N) is 3. The lowest BCUT2D eigenvalue weighted by Crippen LogP contribution is -2.53. The van der Waals surface area contributed by atoms with Crippen LogP contribution < -0.4 is 5.46 Å². The van der Waals surface area contributed by atoms with E-state index in [9.17, 15) is 14.5 Å². The van der Waals surface area contributed by atoms with Crippen molar-refractivity contribution in [3.05, 3.63) is 30.3 Å². The van der Waals surface area contributed by atoms with Crippen LogP contribution in [0.2, 0.25) is 0 Å². The summed E-state index contributed by atoms with van der Waals surface area (Å²) < 4.78 is 20.2. The number of halogens is 1. The summed E-state index contributed by atoms with van der Waals surface area (Å²) in [6, 6.07) is 2.75. The molecular weight excluding hydrogens is 300 g/mol. The maximum absolute atomic E-state index is 13.0. The Morgan fingerprint density at radius 2 is 1.91 bits per heavy atom. The third-order valence-corrected chi connectivity index (χ3v) is 3.97. The van der Waals surface area contributed by atoms with E-state index in [1.54, 1.807) is 40.9 Å². The minimum Gasteiger partial charge on any atom is -0.423 e. The number of hydrogen-bond acceptors (Lipinski definition) is 5. The summed E-state index contributed by atoms with van der Waals surface area (Å²) in [6.45, 7) is 6.57. The van der Waals surface area contributed by atoms with E-state index in [1.807, 2.05) is 0 Å². The molecule has 0 saturated heterocycles. The quantitative estimate of drug-likeness (QED) is 0.799. The Bertz CT molecular complexity index is 680. The lowest BCUT2D eigenvalue weighted by atomic mass is 9.76. The van der Waals surface area contributed by atoms with Gasteiger partial charge in [0.2, 0.25) is 0 Å². The van der Waals surface area contributed by atoms with Crippen LogP contribution in [0.1, 0.15) is 27.7 Å². The molecule has 2 N–H and O–H groups in total. The minimum atomic E-state index is -1.31. The lowest BCUT2D eigenvalue weighted by molar-refractivity contribution is -0.0982. The molecule has 2 rings (SSSR count). The number of aliphatic hydroxyl groups is 1. The molecule has 0 atom stereocenters. The molecule has 2 aromatic heterocycles. The molecule has 0 aromatic carbocycles. The Balaban J connectivity index is 2.35. The molecule has 0 radical (unpaired) electrons. The van der Waals surface area contributed by atoms with Crippen LogP contribution in [0.5, 0.6) is 0 Å². The van der Waals surface area contributed by atoms with Gasteiger partial charge < -0.3 is 14.8 Å². The van der Waals surface area contributed by atoms with Crippen LogP contribution in [0.3, 0.4) is 0 Å². The van der Waals surface area contributed by atoms with Gasteiger partial charge in [0.1, 0.15) is 11.5 Å². The van der Waals surface area contributed by atoms with Crippen molar-refractivity contribution in [1.29, 1.82) is 0 Å². The summed E-state index contributed by atoms with van der Waals surface area (Å²) in [4.78, 5) is 3.98. The van der Waals surface area contributed by atoms with E-state index < -0.39 is 24.1 Å². The number of pyridine rings is 1. The number of aryl methyl sites for hydroxylation is 1. The second kappa shape index (κ2) is 6.03. The highest BCUT2D eigenvalue weighted by atomic mass is 19.1. The first kappa shape index (κ1) is 17.6. The van der Waals surface area contributed by atoms with E-state index in [0.717, 1.165) is 6.20 Å². The van der Waals surface area contributed by atoms with Crippen LogP contribution in [0.15, 0.2) is 24.5 Å². The summed E-state index contributed by atoms with van der Waals surface area (Å²) in [5.41, 5.74) is -0.957. The molecule has 2 heterocycles. The average molecular weight is 321 g/mol. The summed E-state index contributed by atoms with van der Waals surface area (Å²) in [5, 5.41) is 24.8. The highest BCUT2D eigenvalue weighted by molar-refractivity contribution is 6.61. The summed E-state index contributed by atoms with van der Waals surface area (Å²) in [5.74, 6) is -0.453. The van der Waals surface area contributed by atoms with Gasteiger partial charge in [-0.3, -0.25) is 9.67 Å². The number of rotatable bonds is 5. The van der Waals surface area contributed by atoms with Crippen LogP contribution in [-0.4, -0.2) is 43.2 Å². The molecule has 0 saturated carbocycles. The molecule has 0 fully saturated rings. The van der Waals surface area contributed by atoms with Gasteiger partial charge in [0.25, 0.3) is 0 Å². The van der Waals surface area contributed by atoms with Crippen molar-refractivity contribution in [2.24, 2.45) is 7.05 Å². The van der Waals surface area contributed by atoms with E-state index >= 15 is 0 Å². The Morgan fingerprint density at radius 3 is 2.43 bits per heavy atom. The van der Waals surface area contributed by atoms with Crippen LogP contribution in [0, 0.1) is 5.82 Å². The van der Waals surface area contributed by atoms with Crippen LogP contribution >= 0.6 is 0 Å². The Kier molecular flexibility index (Phi) is 4.61. The second-order valence-electron chi connectivity index (χ2n) is 6.51. The molecule has 0 unspecified atom stereocenters. The monoisotopic (exact) mass is 321 g/mol. The van der Waals surface area contributed by atoms with E-state index in [-0.39, 0.29) is 0 Å². The average Bonchev–Trinajstić information content (AvgIpc) is 2.80. The Hall–Kier alpha value is -1.77. The zero-order valence-electron chi connectivity index (χ0n) is 13.9. The number of hydrogen-bond donors (Lipinski definition) is 2. The van der Waals surface area contributed by atoms with Crippen LogP contribution in [0.25, 0.3) is 11.4 Å². The first-order chi connectivity index (χ1) is 10.5. The van der Waals surface area contributed by atoms with Gasteiger partial charge in [0, 0.05) is 18.7 Å².